The van der Waals surface area contributed by atoms with Gasteiger partial charge in [0.05, 0.1) is 19.9 Å². The Morgan fingerprint density at radius 2 is 2.00 bits per heavy atom. The second-order valence-electron chi connectivity index (χ2n) is 4.82. The molecule has 0 saturated carbocycles. The van der Waals surface area contributed by atoms with E-state index in [1.54, 1.807) is 14.2 Å². The lowest BCUT2D eigenvalue weighted by Gasteiger charge is -2.16. The molecule has 1 aromatic heterocycles. The van der Waals surface area contributed by atoms with Crippen LogP contribution >= 0.6 is 0 Å². The van der Waals surface area contributed by atoms with Gasteiger partial charge in [-0.1, -0.05) is 6.07 Å². The van der Waals surface area contributed by atoms with E-state index in [4.69, 9.17) is 15.2 Å². The molecular formula is C15H21N3O2. The molecule has 0 radical (unpaired) electrons. The Balaban J connectivity index is 2.24. The number of aryl methyl sites for hydroxylation is 2. The van der Waals surface area contributed by atoms with Crippen LogP contribution in [0, 0.1) is 6.92 Å². The zero-order valence-electron chi connectivity index (χ0n) is 12.4. The van der Waals surface area contributed by atoms with Gasteiger partial charge >= 0.3 is 0 Å². The first kappa shape index (κ1) is 14.4. The average molecular weight is 275 g/mol. The topological polar surface area (TPSA) is 62.3 Å². The van der Waals surface area contributed by atoms with Crippen molar-refractivity contribution in [1.82, 2.24) is 9.78 Å². The molecule has 2 N–H and O–H groups in total. The number of rotatable bonds is 5. The summed E-state index contributed by atoms with van der Waals surface area (Å²) in [7, 11) is 5.20. The Kier molecular flexibility index (Phi) is 4.29. The monoisotopic (exact) mass is 275 g/mol. The van der Waals surface area contributed by atoms with Gasteiger partial charge in [0.15, 0.2) is 0 Å². The Morgan fingerprint density at radius 3 is 2.55 bits per heavy atom. The van der Waals surface area contributed by atoms with Crippen LogP contribution in [0.15, 0.2) is 24.3 Å². The van der Waals surface area contributed by atoms with Crippen LogP contribution in [0.25, 0.3) is 0 Å². The first-order valence-corrected chi connectivity index (χ1v) is 6.52. The molecule has 20 heavy (non-hydrogen) atoms. The quantitative estimate of drug-likeness (QED) is 0.906. The van der Waals surface area contributed by atoms with Crippen LogP contribution in [0.4, 0.5) is 0 Å². The minimum absolute atomic E-state index is 0.148. The maximum Gasteiger partial charge on any atom is 0.127 e. The van der Waals surface area contributed by atoms with E-state index in [9.17, 15) is 0 Å². The predicted octanol–water partition coefficient (Wildman–Crippen LogP) is 1.99. The smallest absolute Gasteiger partial charge is 0.127 e. The van der Waals surface area contributed by atoms with Gasteiger partial charge in [-0.05, 0) is 19.1 Å². The molecule has 0 saturated heterocycles. The molecule has 108 valence electrons. The van der Waals surface area contributed by atoms with E-state index in [1.807, 2.05) is 36.9 Å². The summed E-state index contributed by atoms with van der Waals surface area (Å²) in [6.45, 7) is 1.98. The molecule has 0 fully saturated rings. The van der Waals surface area contributed by atoms with E-state index >= 15 is 0 Å². The molecule has 1 heterocycles. The third kappa shape index (κ3) is 2.93. The highest BCUT2D eigenvalue weighted by Crippen LogP contribution is 2.30. The molecule has 0 amide bonds. The summed E-state index contributed by atoms with van der Waals surface area (Å²) in [5, 5.41) is 4.34. The maximum atomic E-state index is 6.31. The fourth-order valence-electron chi connectivity index (χ4n) is 2.32. The van der Waals surface area contributed by atoms with Gasteiger partial charge in [0.2, 0.25) is 0 Å². The minimum Gasteiger partial charge on any atom is -0.497 e. The Bertz CT molecular complexity index is 593. The fraction of sp³-hybridized carbons (Fsp3) is 0.400. The van der Waals surface area contributed by atoms with Crippen LogP contribution in [-0.4, -0.2) is 24.0 Å². The van der Waals surface area contributed by atoms with Gasteiger partial charge in [-0.25, -0.2) is 0 Å². The molecule has 0 bridgehead atoms. The van der Waals surface area contributed by atoms with Crippen LogP contribution in [0.3, 0.4) is 0 Å². The lowest BCUT2D eigenvalue weighted by molar-refractivity contribution is 0.388. The highest BCUT2D eigenvalue weighted by atomic mass is 16.5. The number of nitrogens with two attached hydrogens (primary N) is 1. The van der Waals surface area contributed by atoms with Gasteiger partial charge in [-0.2, -0.15) is 5.10 Å². The molecule has 0 aliphatic carbocycles. The third-order valence-electron chi connectivity index (χ3n) is 3.37. The normalized spacial score (nSPS) is 12.2. The molecule has 1 atom stereocenters. The van der Waals surface area contributed by atoms with Gasteiger partial charge in [0.25, 0.3) is 0 Å². The lowest BCUT2D eigenvalue weighted by Crippen LogP contribution is -2.16. The summed E-state index contributed by atoms with van der Waals surface area (Å²) in [6.07, 6.45) is 0.708. The summed E-state index contributed by atoms with van der Waals surface area (Å²) in [5.41, 5.74) is 9.38. The Hall–Kier alpha value is -2.01. The van der Waals surface area contributed by atoms with Crippen LogP contribution < -0.4 is 15.2 Å². The summed E-state index contributed by atoms with van der Waals surface area (Å²) in [4.78, 5) is 0. The van der Waals surface area contributed by atoms with Crippen LogP contribution in [0.5, 0.6) is 11.5 Å². The lowest BCUT2D eigenvalue weighted by atomic mass is 10.0. The first-order chi connectivity index (χ1) is 9.55. The summed E-state index contributed by atoms with van der Waals surface area (Å²) >= 11 is 0. The van der Waals surface area contributed by atoms with Gasteiger partial charge in [-0.3, -0.25) is 4.68 Å². The number of aromatic nitrogens is 2. The summed E-state index contributed by atoms with van der Waals surface area (Å²) in [5.74, 6) is 1.50. The van der Waals surface area contributed by atoms with Crippen molar-refractivity contribution < 1.29 is 9.47 Å². The van der Waals surface area contributed by atoms with Crippen molar-refractivity contribution in [1.29, 1.82) is 0 Å². The molecule has 2 aromatic rings. The van der Waals surface area contributed by atoms with E-state index in [0.717, 1.165) is 28.5 Å². The highest BCUT2D eigenvalue weighted by molar-refractivity contribution is 5.42. The van der Waals surface area contributed by atoms with Crippen molar-refractivity contribution >= 4 is 0 Å². The van der Waals surface area contributed by atoms with Crippen molar-refractivity contribution in [3.8, 4) is 11.5 Å². The molecule has 0 aliphatic heterocycles. The standard InChI is InChI=1S/C15H21N3O2/c1-10-7-11(18(2)17-10)8-14(16)13-6-5-12(19-3)9-15(13)20-4/h5-7,9,14H,8,16H2,1-4H3. The molecule has 1 aromatic carbocycles. The Morgan fingerprint density at radius 1 is 1.25 bits per heavy atom. The van der Waals surface area contributed by atoms with Crippen molar-refractivity contribution in [2.45, 2.75) is 19.4 Å². The van der Waals surface area contributed by atoms with E-state index in [-0.39, 0.29) is 6.04 Å². The maximum absolute atomic E-state index is 6.31. The van der Waals surface area contributed by atoms with E-state index < -0.39 is 0 Å². The van der Waals surface area contributed by atoms with Gasteiger partial charge < -0.3 is 15.2 Å². The summed E-state index contributed by atoms with van der Waals surface area (Å²) < 4.78 is 12.5. The van der Waals surface area contributed by atoms with Crippen LogP contribution in [0.2, 0.25) is 0 Å². The zero-order chi connectivity index (χ0) is 14.7. The second kappa shape index (κ2) is 5.96. The SMILES string of the molecule is COc1ccc(C(N)Cc2cc(C)nn2C)c(OC)c1. The summed E-state index contributed by atoms with van der Waals surface area (Å²) in [6, 6.07) is 7.60. The number of hydrogen-bond donors (Lipinski definition) is 1. The zero-order valence-corrected chi connectivity index (χ0v) is 12.4. The molecule has 0 aliphatic rings. The number of hydrogen-bond acceptors (Lipinski definition) is 4. The second-order valence-corrected chi connectivity index (χ2v) is 4.82. The van der Waals surface area contributed by atoms with Crippen molar-refractivity contribution in [2.24, 2.45) is 12.8 Å². The number of nitrogens with zero attached hydrogens (tertiary/aromatic N) is 2. The van der Waals surface area contributed by atoms with Crippen molar-refractivity contribution in [3.63, 3.8) is 0 Å². The molecule has 0 spiro atoms. The Labute approximate surface area is 119 Å². The van der Waals surface area contributed by atoms with E-state index in [1.165, 1.54) is 0 Å². The van der Waals surface area contributed by atoms with Gasteiger partial charge in [-0.15, -0.1) is 0 Å². The minimum atomic E-state index is -0.148. The molecule has 1 unspecified atom stereocenters. The molecular weight excluding hydrogens is 254 g/mol. The fourth-order valence-corrected chi connectivity index (χ4v) is 2.32. The van der Waals surface area contributed by atoms with Crippen LogP contribution in [0.1, 0.15) is 23.0 Å². The van der Waals surface area contributed by atoms with Crippen LogP contribution in [-0.2, 0) is 13.5 Å². The highest BCUT2D eigenvalue weighted by Gasteiger charge is 2.15. The predicted molar refractivity (Wildman–Crippen MR) is 78.1 cm³/mol. The van der Waals surface area contributed by atoms with E-state index in [2.05, 4.69) is 11.2 Å². The largest absolute Gasteiger partial charge is 0.497 e. The van der Waals surface area contributed by atoms with Crippen molar-refractivity contribution in [3.05, 3.63) is 41.2 Å². The molecule has 5 heteroatoms. The number of benzene rings is 1. The third-order valence-corrected chi connectivity index (χ3v) is 3.37. The van der Waals surface area contributed by atoms with Crippen molar-refractivity contribution in [2.75, 3.05) is 14.2 Å². The molecule has 2 rings (SSSR count). The van der Waals surface area contributed by atoms with E-state index in [0.29, 0.717) is 6.42 Å². The molecule has 5 nitrogen and oxygen atoms in total. The number of methoxy groups -OCH3 is 2. The number of ether oxygens (including phenoxy) is 2. The first-order valence-electron chi connectivity index (χ1n) is 6.52. The van der Waals surface area contributed by atoms with Gasteiger partial charge in [0, 0.05) is 36.8 Å². The average Bonchev–Trinajstić information content (AvgIpc) is 2.75. The van der Waals surface area contributed by atoms with Gasteiger partial charge in [0.1, 0.15) is 11.5 Å².